The first-order chi connectivity index (χ1) is 10.8. The Bertz CT molecular complexity index is 431. The largest absolute Gasteiger partial charge is 0.469 e. The standard InChI is InChI=1S/C15H24O8/c1-3-23-14(20)9-12(18)5-7-15(21,10-16)6-4-11(17)8-13(19)22-2/h16,21H,3-10H2,1-2H3. The van der Waals surface area contributed by atoms with E-state index >= 15 is 0 Å². The van der Waals surface area contributed by atoms with Crippen molar-refractivity contribution in [2.75, 3.05) is 20.3 Å². The number of aliphatic hydroxyl groups excluding tert-OH is 1. The number of Topliss-reactive ketones (excluding diaryl/α,β-unsaturated/α-hetero) is 2. The van der Waals surface area contributed by atoms with Crippen LogP contribution in [-0.2, 0) is 28.7 Å². The normalized spacial score (nSPS) is 13.0. The Morgan fingerprint density at radius 3 is 1.83 bits per heavy atom. The van der Waals surface area contributed by atoms with Gasteiger partial charge in [-0.3, -0.25) is 19.2 Å². The van der Waals surface area contributed by atoms with Crippen molar-refractivity contribution in [3.63, 3.8) is 0 Å². The number of aliphatic hydroxyl groups is 2. The number of hydrogen-bond donors (Lipinski definition) is 2. The van der Waals surface area contributed by atoms with Gasteiger partial charge in [0.25, 0.3) is 0 Å². The number of carbonyl (C=O) groups is 4. The average molecular weight is 332 g/mol. The Kier molecular flexibility index (Phi) is 10.00. The topological polar surface area (TPSA) is 127 Å². The summed E-state index contributed by atoms with van der Waals surface area (Å²) in [4.78, 5) is 45.2. The summed E-state index contributed by atoms with van der Waals surface area (Å²) >= 11 is 0. The van der Waals surface area contributed by atoms with Gasteiger partial charge in [0.1, 0.15) is 24.4 Å². The average Bonchev–Trinajstić information content (AvgIpc) is 2.51. The van der Waals surface area contributed by atoms with E-state index in [1.54, 1.807) is 6.92 Å². The van der Waals surface area contributed by atoms with Crippen molar-refractivity contribution in [3.8, 4) is 0 Å². The highest BCUT2D eigenvalue weighted by Crippen LogP contribution is 2.20. The van der Waals surface area contributed by atoms with Gasteiger partial charge in [-0.2, -0.15) is 0 Å². The monoisotopic (exact) mass is 332 g/mol. The Morgan fingerprint density at radius 2 is 1.43 bits per heavy atom. The Balaban J connectivity index is 4.28. The molecule has 0 aromatic heterocycles. The van der Waals surface area contributed by atoms with E-state index in [-0.39, 0.29) is 32.3 Å². The van der Waals surface area contributed by atoms with Gasteiger partial charge < -0.3 is 19.7 Å². The number of methoxy groups -OCH3 is 1. The van der Waals surface area contributed by atoms with E-state index in [2.05, 4.69) is 9.47 Å². The first kappa shape index (κ1) is 21.2. The number of ether oxygens (including phenoxy) is 2. The Hall–Kier alpha value is -1.80. The maximum absolute atomic E-state index is 11.6. The SMILES string of the molecule is CCOC(=O)CC(=O)CCC(O)(CO)CCC(=O)CC(=O)OC. The summed E-state index contributed by atoms with van der Waals surface area (Å²) in [5.41, 5.74) is -1.61. The summed E-state index contributed by atoms with van der Waals surface area (Å²) in [6, 6.07) is 0. The van der Waals surface area contributed by atoms with Gasteiger partial charge in [0.15, 0.2) is 0 Å². The van der Waals surface area contributed by atoms with E-state index in [0.29, 0.717) is 0 Å². The molecule has 0 saturated carbocycles. The lowest BCUT2D eigenvalue weighted by Gasteiger charge is -2.25. The number of rotatable bonds is 12. The van der Waals surface area contributed by atoms with Crippen LogP contribution in [0.15, 0.2) is 0 Å². The van der Waals surface area contributed by atoms with E-state index in [1.165, 1.54) is 0 Å². The molecule has 0 heterocycles. The van der Waals surface area contributed by atoms with Crippen molar-refractivity contribution in [1.82, 2.24) is 0 Å². The molecule has 0 fully saturated rings. The summed E-state index contributed by atoms with van der Waals surface area (Å²) in [5, 5.41) is 19.4. The van der Waals surface area contributed by atoms with E-state index in [0.717, 1.165) is 7.11 Å². The molecule has 0 aliphatic heterocycles. The minimum Gasteiger partial charge on any atom is -0.469 e. The predicted octanol–water partition coefficient (Wildman–Crippen LogP) is -0.0753. The molecule has 0 radical (unpaired) electrons. The van der Waals surface area contributed by atoms with Gasteiger partial charge >= 0.3 is 11.9 Å². The predicted molar refractivity (Wildman–Crippen MR) is 78.4 cm³/mol. The van der Waals surface area contributed by atoms with Crippen LogP contribution in [0.3, 0.4) is 0 Å². The third-order valence-corrected chi connectivity index (χ3v) is 3.25. The molecule has 0 aliphatic carbocycles. The van der Waals surface area contributed by atoms with Crippen LogP contribution < -0.4 is 0 Å². The first-order valence-corrected chi connectivity index (χ1v) is 7.35. The fraction of sp³-hybridized carbons (Fsp3) is 0.733. The van der Waals surface area contributed by atoms with Crippen LogP contribution in [0.1, 0.15) is 45.4 Å². The van der Waals surface area contributed by atoms with Crippen molar-refractivity contribution in [2.45, 2.75) is 51.0 Å². The summed E-state index contributed by atoms with van der Waals surface area (Å²) in [7, 11) is 1.16. The molecule has 0 rings (SSSR count). The van der Waals surface area contributed by atoms with E-state index in [1.807, 2.05) is 0 Å². The van der Waals surface area contributed by atoms with Gasteiger partial charge in [0.05, 0.1) is 25.9 Å². The molecule has 0 aromatic rings. The minimum absolute atomic E-state index is 0.0900. The molecule has 0 aliphatic rings. The molecule has 8 nitrogen and oxygen atoms in total. The van der Waals surface area contributed by atoms with Crippen molar-refractivity contribution in [1.29, 1.82) is 0 Å². The van der Waals surface area contributed by atoms with E-state index < -0.39 is 48.6 Å². The summed E-state index contributed by atoms with van der Waals surface area (Å²) in [5.74, 6) is -2.16. The molecule has 0 spiro atoms. The molecule has 2 N–H and O–H groups in total. The number of esters is 2. The van der Waals surface area contributed by atoms with Gasteiger partial charge in [0.2, 0.25) is 0 Å². The molecule has 0 bridgehead atoms. The summed E-state index contributed by atoms with van der Waals surface area (Å²) in [6.45, 7) is 1.17. The Labute approximate surface area is 134 Å². The van der Waals surface area contributed by atoms with Gasteiger partial charge in [-0.25, -0.2) is 0 Å². The maximum Gasteiger partial charge on any atom is 0.313 e. The molecule has 0 saturated heterocycles. The minimum atomic E-state index is -1.61. The van der Waals surface area contributed by atoms with Gasteiger partial charge in [-0.1, -0.05) is 0 Å². The van der Waals surface area contributed by atoms with Crippen LogP contribution in [0.5, 0.6) is 0 Å². The highest BCUT2D eigenvalue weighted by atomic mass is 16.5. The lowest BCUT2D eigenvalue weighted by molar-refractivity contribution is -0.146. The van der Waals surface area contributed by atoms with Crippen LogP contribution in [0.2, 0.25) is 0 Å². The zero-order valence-electron chi connectivity index (χ0n) is 13.5. The molecule has 0 amide bonds. The molecular formula is C15H24O8. The smallest absolute Gasteiger partial charge is 0.313 e. The quantitative estimate of drug-likeness (QED) is 0.375. The van der Waals surface area contributed by atoms with Crippen LogP contribution in [0, 0.1) is 0 Å². The summed E-state index contributed by atoms with van der Waals surface area (Å²) in [6.07, 6.45) is -1.23. The molecule has 132 valence electrons. The molecule has 23 heavy (non-hydrogen) atoms. The van der Waals surface area contributed by atoms with Gasteiger partial charge in [0, 0.05) is 12.8 Å². The van der Waals surface area contributed by atoms with E-state index in [9.17, 15) is 29.4 Å². The number of ketones is 2. The fourth-order valence-corrected chi connectivity index (χ4v) is 1.81. The third kappa shape index (κ3) is 9.75. The zero-order valence-corrected chi connectivity index (χ0v) is 13.5. The second-order valence-corrected chi connectivity index (χ2v) is 5.19. The third-order valence-electron chi connectivity index (χ3n) is 3.25. The second kappa shape index (κ2) is 10.8. The molecule has 1 unspecified atom stereocenters. The van der Waals surface area contributed by atoms with Crippen molar-refractivity contribution < 1.29 is 38.9 Å². The van der Waals surface area contributed by atoms with Crippen molar-refractivity contribution >= 4 is 23.5 Å². The maximum atomic E-state index is 11.6. The van der Waals surface area contributed by atoms with Crippen LogP contribution in [-0.4, -0.2) is 59.6 Å². The molecule has 8 heteroatoms. The number of hydrogen-bond acceptors (Lipinski definition) is 8. The van der Waals surface area contributed by atoms with Crippen LogP contribution in [0.4, 0.5) is 0 Å². The van der Waals surface area contributed by atoms with Crippen LogP contribution >= 0.6 is 0 Å². The summed E-state index contributed by atoms with van der Waals surface area (Å²) < 4.78 is 8.99. The lowest BCUT2D eigenvalue weighted by atomic mass is 9.90. The van der Waals surface area contributed by atoms with E-state index in [4.69, 9.17) is 0 Å². The lowest BCUT2D eigenvalue weighted by Crippen LogP contribution is -2.35. The van der Waals surface area contributed by atoms with Crippen LogP contribution in [0.25, 0.3) is 0 Å². The molecule has 0 aromatic carbocycles. The molecule has 1 atom stereocenters. The Morgan fingerprint density at radius 1 is 0.957 bits per heavy atom. The van der Waals surface area contributed by atoms with Crippen molar-refractivity contribution in [2.24, 2.45) is 0 Å². The zero-order chi connectivity index (χ0) is 17.9. The van der Waals surface area contributed by atoms with Gasteiger partial charge in [-0.05, 0) is 19.8 Å². The van der Waals surface area contributed by atoms with Gasteiger partial charge in [-0.15, -0.1) is 0 Å². The second-order valence-electron chi connectivity index (χ2n) is 5.19. The highest BCUT2D eigenvalue weighted by molar-refractivity contribution is 5.96. The highest BCUT2D eigenvalue weighted by Gasteiger charge is 2.28. The number of carbonyl (C=O) groups excluding carboxylic acids is 4. The first-order valence-electron chi connectivity index (χ1n) is 7.35. The fourth-order valence-electron chi connectivity index (χ4n) is 1.81. The molecular weight excluding hydrogens is 308 g/mol. The van der Waals surface area contributed by atoms with Crippen molar-refractivity contribution in [3.05, 3.63) is 0 Å².